The Labute approximate surface area is 153 Å². The van der Waals surface area contributed by atoms with E-state index in [0.29, 0.717) is 6.61 Å². The second-order valence-corrected chi connectivity index (χ2v) is 5.59. The average molecular weight is 364 g/mol. The first kappa shape index (κ1) is 21.4. The topological polar surface area (TPSA) is 147 Å². The van der Waals surface area contributed by atoms with Gasteiger partial charge in [-0.2, -0.15) is 0 Å². The number of unbranched alkanes of at least 4 members (excludes halogenated alkanes) is 1. The van der Waals surface area contributed by atoms with Crippen molar-refractivity contribution in [1.29, 1.82) is 0 Å². The quantitative estimate of drug-likeness (QED) is 0.0794. The van der Waals surface area contributed by atoms with E-state index in [0.717, 1.165) is 50.2 Å². The van der Waals surface area contributed by atoms with Crippen LogP contribution in [0.1, 0.15) is 24.8 Å². The molecule has 26 heavy (non-hydrogen) atoms. The second kappa shape index (κ2) is 13.6. The van der Waals surface area contributed by atoms with Crippen LogP contribution >= 0.6 is 0 Å². The van der Waals surface area contributed by atoms with Crippen LogP contribution in [0.4, 0.5) is 0 Å². The fourth-order valence-electron chi connectivity index (χ4n) is 2.15. The lowest BCUT2D eigenvalue weighted by Gasteiger charge is -2.08. The molecule has 9 heteroatoms. The summed E-state index contributed by atoms with van der Waals surface area (Å²) in [6, 6.07) is 7.25. The van der Waals surface area contributed by atoms with Crippen molar-refractivity contribution in [2.75, 3.05) is 26.2 Å². The van der Waals surface area contributed by atoms with Crippen molar-refractivity contribution in [3.05, 3.63) is 29.8 Å². The van der Waals surface area contributed by atoms with E-state index in [9.17, 15) is 4.79 Å². The van der Waals surface area contributed by atoms with Gasteiger partial charge in [0.15, 0.2) is 0 Å². The van der Waals surface area contributed by atoms with E-state index in [-0.39, 0.29) is 12.1 Å². The van der Waals surface area contributed by atoms with Crippen molar-refractivity contribution < 1.29 is 14.7 Å². The standard InChI is InChI=1S/C17H28N6O3/c18-17(24)16(23-25)12-14-4-6-15(7-5-14)26-11-3-10-20-8-1-2-9-21-13-22-19/h4-7,13,20,25H,1-3,8-12,19H2,(H2,18,24)(H,21,22)/b23-16-. The molecule has 1 amide bonds. The smallest absolute Gasteiger partial charge is 0.266 e. The zero-order valence-corrected chi connectivity index (χ0v) is 14.9. The van der Waals surface area contributed by atoms with Gasteiger partial charge in [-0.15, -0.1) is 0 Å². The van der Waals surface area contributed by atoms with Gasteiger partial charge in [0.1, 0.15) is 11.5 Å². The summed E-state index contributed by atoms with van der Waals surface area (Å²) in [6.07, 6.45) is 4.67. The number of amides is 1. The van der Waals surface area contributed by atoms with Crippen LogP contribution in [-0.2, 0) is 11.2 Å². The van der Waals surface area contributed by atoms with E-state index in [1.807, 2.05) is 24.3 Å². The molecule has 1 rings (SSSR count). The summed E-state index contributed by atoms with van der Waals surface area (Å²) < 4.78 is 5.66. The highest BCUT2D eigenvalue weighted by Gasteiger charge is 2.08. The molecule has 0 aromatic heterocycles. The van der Waals surface area contributed by atoms with Crippen molar-refractivity contribution in [3.63, 3.8) is 0 Å². The molecule has 0 aliphatic carbocycles. The van der Waals surface area contributed by atoms with Crippen molar-refractivity contribution in [3.8, 4) is 5.75 Å². The van der Waals surface area contributed by atoms with Crippen molar-refractivity contribution in [2.24, 2.45) is 21.7 Å². The molecule has 0 fully saturated rings. The molecule has 0 unspecified atom stereocenters. The summed E-state index contributed by atoms with van der Waals surface area (Å²) in [5.74, 6) is 5.08. The summed E-state index contributed by atoms with van der Waals surface area (Å²) in [4.78, 5) is 15.1. The summed E-state index contributed by atoms with van der Waals surface area (Å²) in [6.45, 7) is 3.23. The third-order valence-electron chi connectivity index (χ3n) is 3.52. The molecule has 0 bridgehead atoms. The van der Waals surface area contributed by atoms with Crippen LogP contribution < -0.4 is 27.1 Å². The minimum Gasteiger partial charge on any atom is -0.494 e. The van der Waals surface area contributed by atoms with E-state index < -0.39 is 5.91 Å². The normalized spacial score (nSPS) is 11.7. The summed E-state index contributed by atoms with van der Waals surface area (Å²) in [7, 11) is 0. The first-order valence-electron chi connectivity index (χ1n) is 8.55. The Bertz CT molecular complexity index is 574. The van der Waals surface area contributed by atoms with Crippen LogP contribution in [0.2, 0.25) is 0 Å². The van der Waals surface area contributed by atoms with Gasteiger partial charge in [0.25, 0.3) is 5.91 Å². The lowest BCUT2D eigenvalue weighted by Crippen LogP contribution is -2.25. The Balaban J connectivity index is 2.11. The number of oxime groups is 1. The zero-order valence-electron chi connectivity index (χ0n) is 14.9. The molecule has 9 nitrogen and oxygen atoms in total. The molecular weight excluding hydrogens is 336 g/mol. The predicted molar refractivity (Wildman–Crippen MR) is 101 cm³/mol. The molecule has 7 N–H and O–H groups in total. The highest BCUT2D eigenvalue weighted by molar-refractivity contribution is 6.38. The number of rotatable bonds is 14. The Hall–Kier alpha value is -2.65. The van der Waals surface area contributed by atoms with Gasteiger partial charge in [-0.1, -0.05) is 17.3 Å². The largest absolute Gasteiger partial charge is 0.494 e. The molecule has 0 aliphatic rings. The summed E-state index contributed by atoms with van der Waals surface area (Å²) in [5.41, 5.74) is 8.21. The molecule has 0 atom stereocenters. The van der Waals surface area contributed by atoms with E-state index >= 15 is 0 Å². The number of aliphatic imine (C=N–C) groups is 1. The molecule has 0 saturated heterocycles. The first-order chi connectivity index (χ1) is 12.7. The lowest BCUT2D eigenvalue weighted by atomic mass is 10.1. The number of nitrogens with two attached hydrogens (primary N) is 2. The first-order valence-corrected chi connectivity index (χ1v) is 8.55. The number of hydrogen-bond acceptors (Lipinski definition) is 7. The number of carbonyl (C=O) groups is 1. The fourth-order valence-corrected chi connectivity index (χ4v) is 2.15. The number of carbonyl (C=O) groups excluding carboxylic acids is 1. The maximum atomic E-state index is 11.0. The summed E-state index contributed by atoms with van der Waals surface area (Å²) >= 11 is 0. The molecule has 1 aromatic carbocycles. The van der Waals surface area contributed by atoms with Gasteiger partial charge < -0.3 is 26.4 Å². The second-order valence-electron chi connectivity index (χ2n) is 5.59. The van der Waals surface area contributed by atoms with Crippen LogP contribution in [0.25, 0.3) is 0 Å². The van der Waals surface area contributed by atoms with Crippen LogP contribution in [-0.4, -0.2) is 49.4 Å². The monoisotopic (exact) mass is 364 g/mol. The number of hydrogen-bond donors (Lipinski definition) is 5. The van der Waals surface area contributed by atoms with Gasteiger partial charge in [0, 0.05) is 13.0 Å². The van der Waals surface area contributed by atoms with Crippen LogP contribution in [0.15, 0.2) is 34.4 Å². The van der Waals surface area contributed by atoms with Crippen LogP contribution in [0.3, 0.4) is 0 Å². The number of nitrogens with zero attached hydrogens (tertiary/aromatic N) is 2. The van der Waals surface area contributed by atoms with Gasteiger partial charge >= 0.3 is 0 Å². The number of ether oxygens (including phenoxy) is 1. The number of hydrazine groups is 1. The van der Waals surface area contributed by atoms with Gasteiger partial charge in [-0.3, -0.25) is 9.79 Å². The van der Waals surface area contributed by atoms with E-state index in [2.05, 4.69) is 20.9 Å². The van der Waals surface area contributed by atoms with E-state index in [1.165, 1.54) is 6.34 Å². The maximum Gasteiger partial charge on any atom is 0.266 e. The van der Waals surface area contributed by atoms with Crippen molar-refractivity contribution in [2.45, 2.75) is 25.7 Å². The number of primary amides is 1. The van der Waals surface area contributed by atoms with Gasteiger partial charge in [0.05, 0.1) is 12.9 Å². The molecule has 0 aliphatic heterocycles. The minimum atomic E-state index is -0.736. The van der Waals surface area contributed by atoms with Crippen LogP contribution in [0, 0.1) is 0 Å². The Morgan fingerprint density at radius 2 is 1.92 bits per heavy atom. The van der Waals surface area contributed by atoms with Gasteiger partial charge in [0.2, 0.25) is 0 Å². The Morgan fingerprint density at radius 3 is 2.58 bits per heavy atom. The highest BCUT2D eigenvalue weighted by Crippen LogP contribution is 2.13. The molecule has 0 radical (unpaired) electrons. The summed E-state index contributed by atoms with van der Waals surface area (Å²) in [5, 5.41) is 15.0. The van der Waals surface area contributed by atoms with Crippen molar-refractivity contribution in [1.82, 2.24) is 10.7 Å². The average Bonchev–Trinajstić information content (AvgIpc) is 2.65. The number of nitrogens with one attached hydrogen (secondary N) is 2. The SMILES string of the molecule is NNC=NCCCCNCCCOc1ccc(C/C(=N/O)C(N)=O)cc1. The fraction of sp³-hybridized carbons (Fsp3) is 0.471. The molecule has 0 saturated carbocycles. The molecule has 0 heterocycles. The van der Waals surface area contributed by atoms with Gasteiger partial charge in [-0.05, 0) is 50.0 Å². The third-order valence-corrected chi connectivity index (χ3v) is 3.52. The van der Waals surface area contributed by atoms with E-state index in [1.54, 1.807) is 0 Å². The lowest BCUT2D eigenvalue weighted by molar-refractivity contribution is -0.112. The molecule has 1 aromatic rings. The molecule has 144 valence electrons. The minimum absolute atomic E-state index is 0.0763. The third kappa shape index (κ3) is 9.60. The van der Waals surface area contributed by atoms with Crippen LogP contribution in [0.5, 0.6) is 5.75 Å². The van der Waals surface area contributed by atoms with Crippen molar-refractivity contribution >= 4 is 18.0 Å². The van der Waals surface area contributed by atoms with Gasteiger partial charge in [-0.25, -0.2) is 5.84 Å². The molecule has 0 spiro atoms. The highest BCUT2D eigenvalue weighted by atomic mass is 16.5. The zero-order chi connectivity index (χ0) is 19.0. The molecular formula is C17H28N6O3. The Kier molecular flexibility index (Phi) is 11.2. The predicted octanol–water partition coefficient (Wildman–Crippen LogP) is 0.175. The van der Waals surface area contributed by atoms with E-state index in [4.69, 9.17) is 21.5 Å². The maximum absolute atomic E-state index is 11.0. The Morgan fingerprint density at radius 1 is 1.19 bits per heavy atom. The number of benzene rings is 1.